The van der Waals surface area contributed by atoms with Crippen molar-refractivity contribution < 1.29 is 13.2 Å². The molecule has 1 aromatic rings. The Bertz CT molecular complexity index is 363. The van der Waals surface area contributed by atoms with Crippen LogP contribution in [0.4, 0.5) is 13.2 Å². The highest BCUT2D eigenvalue weighted by molar-refractivity contribution is 8.00. The van der Waals surface area contributed by atoms with Crippen molar-refractivity contribution in [2.75, 3.05) is 5.75 Å². The third-order valence-electron chi connectivity index (χ3n) is 2.26. The van der Waals surface area contributed by atoms with E-state index in [9.17, 15) is 13.2 Å². The molecular weight excluding hydrogens is 245 g/mol. The fourth-order valence-electron chi connectivity index (χ4n) is 1.32. The average Bonchev–Trinajstić information content (AvgIpc) is 2.24. The number of hydrogen-bond donors (Lipinski definition) is 0. The van der Waals surface area contributed by atoms with Gasteiger partial charge < -0.3 is 0 Å². The summed E-state index contributed by atoms with van der Waals surface area (Å²) in [5.41, 5.74) is -1.99. The maximum absolute atomic E-state index is 11.9. The number of hydrogen-bond acceptors (Lipinski definition) is 1. The van der Waals surface area contributed by atoms with Gasteiger partial charge in [-0.15, -0.1) is 0 Å². The molecule has 0 spiro atoms. The van der Waals surface area contributed by atoms with Crippen molar-refractivity contribution in [1.29, 1.82) is 0 Å². The molecule has 0 radical (unpaired) electrons. The molecule has 0 aliphatic heterocycles. The first kappa shape index (κ1) is 14.2. The minimum atomic E-state index is -4.15. The Hall–Kier alpha value is -0.900. The van der Waals surface area contributed by atoms with Crippen LogP contribution in [-0.4, -0.2) is 11.3 Å². The second kappa shape index (κ2) is 6.15. The standard InChI is InChI=1S/C13H15F3S/c1-10(2)12-7-5-11(6-8-12)4-3-9-17-13(14,15)16/h3-8,10H,9H2,1-2H3/b4-3+. The summed E-state index contributed by atoms with van der Waals surface area (Å²) in [4.78, 5) is 0. The first-order valence-electron chi connectivity index (χ1n) is 5.35. The summed E-state index contributed by atoms with van der Waals surface area (Å²) in [6.45, 7) is 4.20. The lowest BCUT2D eigenvalue weighted by atomic mass is 10.0. The molecule has 0 bridgehead atoms. The smallest absolute Gasteiger partial charge is 0.160 e. The van der Waals surface area contributed by atoms with Gasteiger partial charge in [0.05, 0.1) is 0 Å². The van der Waals surface area contributed by atoms with Crippen LogP contribution < -0.4 is 0 Å². The normalized spacial score (nSPS) is 12.6. The third kappa shape index (κ3) is 5.82. The zero-order valence-corrected chi connectivity index (χ0v) is 10.6. The molecule has 0 amide bonds. The van der Waals surface area contributed by atoms with Crippen LogP contribution in [0.15, 0.2) is 30.3 Å². The monoisotopic (exact) mass is 260 g/mol. The van der Waals surface area contributed by atoms with E-state index in [1.54, 1.807) is 6.08 Å². The summed E-state index contributed by atoms with van der Waals surface area (Å²) in [5, 5.41) is 0. The van der Waals surface area contributed by atoms with Gasteiger partial charge in [-0.1, -0.05) is 50.3 Å². The van der Waals surface area contributed by atoms with Crippen molar-refractivity contribution in [2.24, 2.45) is 0 Å². The first-order valence-corrected chi connectivity index (χ1v) is 6.34. The Morgan fingerprint density at radius 3 is 2.24 bits per heavy atom. The molecule has 0 atom stereocenters. The number of alkyl halides is 3. The lowest BCUT2D eigenvalue weighted by Gasteiger charge is -2.04. The highest BCUT2D eigenvalue weighted by atomic mass is 32.2. The van der Waals surface area contributed by atoms with Gasteiger partial charge in [-0.05, 0) is 28.8 Å². The Balaban J connectivity index is 2.49. The van der Waals surface area contributed by atoms with Gasteiger partial charge in [0.15, 0.2) is 0 Å². The van der Waals surface area contributed by atoms with Crippen molar-refractivity contribution in [2.45, 2.75) is 25.3 Å². The van der Waals surface area contributed by atoms with E-state index in [1.165, 1.54) is 11.6 Å². The molecule has 0 N–H and O–H groups in total. The number of halogens is 3. The average molecular weight is 260 g/mol. The predicted molar refractivity (Wildman–Crippen MR) is 68.1 cm³/mol. The summed E-state index contributed by atoms with van der Waals surface area (Å²) in [5.74, 6) is 0.420. The quantitative estimate of drug-likeness (QED) is 0.727. The molecule has 0 unspecified atom stereocenters. The SMILES string of the molecule is CC(C)c1ccc(/C=C/CSC(F)(F)F)cc1. The van der Waals surface area contributed by atoms with Crippen molar-refractivity contribution in [1.82, 2.24) is 0 Å². The minimum absolute atomic E-state index is 0.0259. The topological polar surface area (TPSA) is 0 Å². The van der Waals surface area contributed by atoms with E-state index in [1.807, 2.05) is 24.3 Å². The summed E-state index contributed by atoms with van der Waals surface area (Å²) in [6.07, 6.45) is 3.24. The largest absolute Gasteiger partial charge is 0.442 e. The molecule has 0 saturated heterocycles. The van der Waals surface area contributed by atoms with Gasteiger partial charge in [0, 0.05) is 5.75 Å². The van der Waals surface area contributed by atoms with Crippen LogP contribution >= 0.6 is 11.8 Å². The van der Waals surface area contributed by atoms with E-state index in [-0.39, 0.29) is 17.5 Å². The predicted octanol–water partition coefficient (Wildman–Crippen LogP) is 5.08. The lowest BCUT2D eigenvalue weighted by Crippen LogP contribution is -1.99. The molecule has 94 valence electrons. The third-order valence-corrected chi connectivity index (χ3v) is 2.94. The fourth-order valence-corrected chi connectivity index (χ4v) is 1.70. The summed E-state index contributed by atoms with van der Waals surface area (Å²) >= 11 is -0.0259. The highest BCUT2D eigenvalue weighted by Crippen LogP contribution is 2.30. The van der Waals surface area contributed by atoms with Crippen LogP contribution in [0, 0.1) is 0 Å². The molecule has 0 aliphatic rings. The Kier molecular flexibility index (Phi) is 5.12. The van der Waals surface area contributed by atoms with E-state index >= 15 is 0 Å². The van der Waals surface area contributed by atoms with Gasteiger partial charge in [-0.2, -0.15) is 13.2 Å². The zero-order chi connectivity index (χ0) is 12.9. The molecule has 17 heavy (non-hydrogen) atoms. The fraction of sp³-hybridized carbons (Fsp3) is 0.385. The van der Waals surface area contributed by atoms with Gasteiger partial charge in [-0.25, -0.2) is 0 Å². The molecule has 0 nitrogen and oxygen atoms in total. The lowest BCUT2D eigenvalue weighted by molar-refractivity contribution is -0.0326. The van der Waals surface area contributed by atoms with Gasteiger partial charge in [0.2, 0.25) is 0 Å². The van der Waals surface area contributed by atoms with Crippen LogP contribution in [0.2, 0.25) is 0 Å². The van der Waals surface area contributed by atoms with E-state index in [0.717, 1.165) is 5.56 Å². The molecule has 0 aliphatic carbocycles. The summed E-state index contributed by atoms with van der Waals surface area (Å²) < 4.78 is 35.6. The van der Waals surface area contributed by atoms with Gasteiger partial charge >= 0.3 is 5.51 Å². The molecular formula is C13H15F3S. The van der Waals surface area contributed by atoms with E-state index in [0.29, 0.717) is 5.92 Å². The van der Waals surface area contributed by atoms with Crippen LogP contribution in [0.1, 0.15) is 30.9 Å². The molecule has 1 rings (SSSR count). The molecule has 1 aromatic carbocycles. The van der Waals surface area contributed by atoms with E-state index in [2.05, 4.69) is 13.8 Å². The summed E-state index contributed by atoms with van der Waals surface area (Å²) in [7, 11) is 0. The van der Waals surface area contributed by atoms with Gasteiger partial charge in [0.1, 0.15) is 0 Å². The van der Waals surface area contributed by atoms with Crippen LogP contribution in [0.3, 0.4) is 0 Å². The van der Waals surface area contributed by atoms with Crippen molar-refractivity contribution in [3.63, 3.8) is 0 Å². The van der Waals surface area contributed by atoms with Gasteiger partial charge in [-0.3, -0.25) is 0 Å². The van der Waals surface area contributed by atoms with Crippen molar-refractivity contribution in [3.05, 3.63) is 41.5 Å². The minimum Gasteiger partial charge on any atom is -0.160 e. The maximum Gasteiger partial charge on any atom is 0.442 e. The number of thioether (sulfide) groups is 1. The number of benzene rings is 1. The Morgan fingerprint density at radius 1 is 1.18 bits per heavy atom. The van der Waals surface area contributed by atoms with Crippen LogP contribution in [-0.2, 0) is 0 Å². The Labute approximate surface area is 104 Å². The second-order valence-corrected chi connectivity index (χ2v) is 5.07. The molecule has 0 fully saturated rings. The maximum atomic E-state index is 11.9. The molecule has 4 heteroatoms. The Morgan fingerprint density at radius 2 is 1.76 bits per heavy atom. The second-order valence-electron chi connectivity index (χ2n) is 3.98. The van der Waals surface area contributed by atoms with Crippen LogP contribution in [0.25, 0.3) is 6.08 Å². The van der Waals surface area contributed by atoms with Crippen molar-refractivity contribution in [3.8, 4) is 0 Å². The van der Waals surface area contributed by atoms with E-state index < -0.39 is 5.51 Å². The summed E-state index contributed by atoms with van der Waals surface area (Å²) in [6, 6.07) is 7.84. The van der Waals surface area contributed by atoms with Crippen molar-refractivity contribution >= 4 is 17.8 Å². The van der Waals surface area contributed by atoms with Crippen LogP contribution in [0.5, 0.6) is 0 Å². The zero-order valence-electron chi connectivity index (χ0n) is 9.79. The number of rotatable bonds is 4. The first-order chi connectivity index (χ1) is 7.88. The molecule has 0 saturated carbocycles. The molecule has 0 heterocycles. The molecule has 0 aromatic heterocycles. The highest BCUT2D eigenvalue weighted by Gasteiger charge is 2.26. The van der Waals surface area contributed by atoms with Gasteiger partial charge in [0.25, 0.3) is 0 Å². The van der Waals surface area contributed by atoms with E-state index in [4.69, 9.17) is 0 Å².